The summed E-state index contributed by atoms with van der Waals surface area (Å²) in [5, 5.41) is 0. The van der Waals surface area contributed by atoms with Crippen molar-refractivity contribution in [1.29, 1.82) is 0 Å². The smallest absolute Gasteiger partial charge is 0.355 e. The Labute approximate surface area is 132 Å². The Hall–Kier alpha value is -1.78. The van der Waals surface area contributed by atoms with E-state index in [-0.39, 0.29) is 11.9 Å². The minimum absolute atomic E-state index is 0.259. The minimum atomic E-state index is -0.513. The molecule has 1 heterocycles. The number of carbonyl (C=O) groups excluding carboxylic acids is 2. The molecular formula is C17H27NO4. The van der Waals surface area contributed by atoms with Crippen LogP contribution in [0.1, 0.15) is 69.1 Å². The van der Waals surface area contributed by atoms with Crippen LogP contribution >= 0.6 is 0 Å². The molecule has 1 aromatic heterocycles. The molecule has 0 aliphatic rings. The summed E-state index contributed by atoms with van der Waals surface area (Å²) in [5.41, 5.74) is 2.17. The number of aromatic nitrogens is 1. The van der Waals surface area contributed by atoms with Crippen LogP contribution < -0.4 is 0 Å². The van der Waals surface area contributed by atoms with E-state index in [1.165, 1.54) is 6.92 Å². The van der Waals surface area contributed by atoms with Crippen LogP contribution in [0.15, 0.2) is 6.20 Å². The molecule has 0 aliphatic carbocycles. The van der Waals surface area contributed by atoms with Gasteiger partial charge in [-0.2, -0.15) is 0 Å². The van der Waals surface area contributed by atoms with Gasteiger partial charge in [-0.15, -0.1) is 0 Å². The van der Waals surface area contributed by atoms with Crippen molar-refractivity contribution in [3.05, 3.63) is 23.0 Å². The van der Waals surface area contributed by atoms with Gasteiger partial charge in [0.25, 0.3) is 0 Å². The SMILES string of the molecule is CCc1c[nH]c(C(=O)OC(C)(C)C)c1CCCCOC(C)=O. The molecule has 1 rings (SSSR count). The van der Waals surface area contributed by atoms with Crippen LogP contribution in [0.4, 0.5) is 0 Å². The highest BCUT2D eigenvalue weighted by atomic mass is 16.6. The van der Waals surface area contributed by atoms with Gasteiger partial charge in [0.2, 0.25) is 0 Å². The van der Waals surface area contributed by atoms with Gasteiger partial charge in [-0.05, 0) is 57.6 Å². The first-order valence-corrected chi connectivity index (χ1v) is 7.80. The molecule has 5 nitrogen and oxygen atoms in total. The maximum atomic E-state index is 12.3. The Morgan fingerprint density at radius 1 is 1.23 bits per heavy atom. The predicted molar refractivity (Wildman–Crippen MR) is 84.9 cm³/mol. The lowest BCUT2D eigenvalue weighted by atomic mass is 10.0. The maximum Gasteiger partial charge on any atom is 0.355 e. The van der Waals surface area contributed by atoms with E-state index in [0.29, 0.717) is 12.3 Å². The quantitative estimate of drug-likeness (QED) is 0.619. The molecule has 22 heavy (non-hydrogen) atoms. The summed E-state index contributed by atoms with van der Waals surface area (Å²) >= 11 is 0. The topological polar surface area (TPSA) is 68.4 Å². The summed E-state index contributed by atoms with van der Waals surface area (Å²) in [6.07, 6.45) is 5.14. The van der Waals surface area contributed by atoms with Gasteiger partial charge in [-0.3, -0.25) is 4.79 Å². The van der Waals surface area contributed by atoms with Crippen LogP contribution in [0.2, 0.25) is 0 Å². The normalized spacial score (nSPS) is 11.3. The number of aromatic amines is 1. The van der Waals surface area contributed by atoms with Gasteiger partial charge in [-0.1, -0.05) is 6.92 Å². The Morgan fingerprint density at radius 2 is 1.91 bits per heavy atom. The van der Waals surface area contributed by atoms with Crippen molar-refractivity contribution >= 4 is 11.9 Å². The number of hydrogen-bond acceptors (Lipinski definition) is 4. The summed E-state index contributed by atoms with van der Waals surface area (Å²) in [6, 6.07) is 0. The molecule has 0 spiro atoms. The standard InChI is InChI=1S/C17H27NO4/c1-6-13-11-18-15(16(20)22-17(3,4)5)14(13)9-7-8-10-21-12(2)19/h11,18H,6-10H2,1-5H3. The molecule has 0 bridgehead atoms. The fourth-order valence-electron chi connectivity index (χ4n) is 2.23. The Morgan fingerprint density at radius 3 is 2.45 bits per heavy atom. The van der Waals surface area contributed by atoms with E-state index in [1.807, 2.05) is 27.0 Å². The van der Waals surface area contributed by atoms with Gasteiger partial charge in [0.05, 0.1) is 6.61 Å². The molecule has 1 aromatic rings. The molecule has 0 aliphatic heterocycles. The lowest BCUT2D eigenvalue weighted by molar-refractivity contribution is -0.141. The molecule has 0 aromatic carbocycles. The van der Waals surface area contributed by atoms with E-state index in [4.69, 9.17) is 9.47 Å². The van der Waals surface area contributed by atoms with Crippen LogP contribution in [0, 0.1) is 0 Å². The van der Waals surface area contributed by atoms with Crippen LogP contribution in [-0.2, 0) is 27.1 Å². The summed E-state index contributed by atoms with van der Waals surface area (Å²) in [6.45, 7) is 9.45. The highest BCUT2D eigenvalue weighted by Gasteiger charge is 2.22. The number of esters is 2. The third kappa shape index (κ3) is 5.92. The molecule has 124 valence electrons. The van der Waals surface area contributed by atoms with E-state index in [0.717, 1.165) is 36.8 Å². The van der Waals surface area contributed by atoms with Gasteiger partial charge in [0, 0.05) is 13.1 Å². The summed E-state index contributed by atoms with van der Waals surface area (Å²) in [7, 11) is 0. The fourth-order valence-corrected chi connectivity index (χ4v) is 2.23. The van der Waals surface area contributed by atoms with Crippen molar-refractivity contribution in [3.8, 4) is 0 Å². The second kappa shape index (κ2) is 8.01. The highest BCUT2D eigenvalue weighted by Crippen LogP contribution is 2.21. The second-order valence-electron chi connectivity index (χ2n) is 6.32. The van der Waals surface area contributed by atoms with Crippen LogP contribution in [0.3, 0.4) is 0 Å². The number of unbranched alkanes of at least 4 members (excludes halogenated alkanes) is 1. The first-order chi connectivity index (χ1) is 10.2. The number of rotatable bonds is 7. The number of aryl methyl sites for hydroxylation is 1. The first kappa shape index (κ1) is 18.3. The largest absolute Gasteiger partial charge is 0.466 e. The van der Waals surface area contributed by atoms with Crippen LogP contribution in [0.25, 0.3) is 0 Å². The van der Waals surface area contributed by atoms with E-state index in [2.05, 4.69) is 11.9 Å². The van der Waals surface area contributed by atoms with E-state index >= 15 is 0 Å². The third-order valence-electron chi connectivity index (χ3n) is 3.19. The Balaban J connectivity index is 2.69. The molecule has 0 saturated heterocycles. The minimum Gasteiger partial charge on any atom is -0.466 e. The van der Waals surface area contributed by atoms with E-state index in [1.54, 1.807) is 0 Å². The lowest BCUT2D eigenvalue weighted by Crippen LogP contribution is -2.24. The number of hydrogen-bond donors (Lipinski definition) is 1. The molecule has 0 fully saturated rings. The maximum absolute atomic E-state index is 12.3. The number of H-pyrrole nitrogens is 1. The molecule has 5 heteroatoms. The monoisotopic (exact) mass is 309 g/mol. The third-order valence-corrected chi connectivity index (χ3v) is 3.19. The first-order valence-electron chi connectivity index (χ1n) is 7.80. The molecule has 0 atom stereocenters. The van der Waals surface area contributed by atoms with Gasteiger partial charge in [-0.25, -0.2) is 4.79 Å². The lowest BCUT2D eigenvalue weighted by Gasteiger charge is -2.19. The summed E-state index contributed by atoms with van der Waals surface area (Å²) in [5.74, 6) is -0.576. The Bertz CT molecular complexity index is 511. The van der Waals surface area contributed by atoms with Crippen molar-refractivity contribution in [2.75, 3.05) is 6.61 Å². The summed E-state index contributed by atoms with van der Waals surface area (Å²) < 4.78 is 10.4. The second-order valence-corrected chi connectivity index (χ2v) is 6.32. The Kier molecular flexibility index (Phi) is 6.65. The molecular weight excluding hydrogens is 282 g/mol. The van der Waals surface area contributed by atoms with Crippen molar-refractivity contribution in [2.45, 2.75) is 65.9 Å². The molecule has 0 radical (unpaired) electrons. The average Bonchev–Trinajstić information content (AvgIpc) is 2.79. The molecule has 0 unspecified atom stereocenters. The van der Waals surface area contributed by atoms with E-state index < -0.39 is 5.60 Å². The van der Waals surface area contributed by atoms with Gasteiger partial charge < -0.3 is 14.5 Å². The van der Waals surface area contributed by atoms with Crippen molar-refractivity contribution in [2.24, 2.45) is 0 Å². The van der Waals surface area contributed by atoms with Gasteiger partial charge >= 0.3 is 11.9 Å². The zero-order valence-corrected chi connectivity index (χ0v) is 14.2. The molecule has 0 saturated carbocycles. The predicted octanol–water partition coefficient (Wildman–Crippen LogP) is 3.42. The van der Waals surface area contributed by atoms with E-state index in [9.17, 15) is 9.59 Å². The number of ether oxygens (including phenoxy) is 2. The van der Waals surface area contributed by atoms with Crippen molar-refractivity contribution in [3.63, 3.8) is 0 Å². The van der Waals surface area contributed by atoms with Gasteiger partial charge in [0.15, 0.2) is 0 Å². The zero-order valence-electron chi connectivity index (χ0n) is 14.2. The molecule has 1 N–H and O–H groups in total. The molecule has 0 amide bonds. The van der Waals surface area contributed by atoms with Crippen LogP contribution in [-0.4, -0.2) is 29.1 Å². The van der Waals surface area contributed by atoms with Gasteiger partial charge in [0.1, 0.15) is 11.3 Å². The van der Waals surface area contributed by atoms with Crippen molar-refractivity contribution < 1.29 is 19.1 Å². The zero-order chi connectivity index (χ0) is 16.8. The highest BCUT2D eigenvalue weighted by molar-refractivity contribution is 5.90. The van der Waals surface area contributed by atoms with Crippen molar-refractivity contribution in [1.82, 2.24) is 4.98 Å². The van der Waals surface area contributed by atoms with Crippen LogP contribution in [0.5, 0.6) is 0 Å². The number of nitrogens with one attached hydrogen (secondary N) is 1. The number of carbonyl (C=O) groups is 2. The summed E-state index contributed by atoms with van der Waals surface area (Å²) in [4.78, 5) is 26.0. The fraction of sp³-hybridized carbons (Fsp3) is 0.647. The average molecular weight is 309 g/mol.